The Balaban J connectivity index is 2.47. The van der Waals surface area contributed by atoms with Gasteiger partial charge in [-0.15, -0.1) is 0 Å². The van der Waals surface area contributed by atoms with Crippen LogP contribution in [0, 0.1) is 17.8 Å². The molecule has 0 aromatic rings. The minimum atomic E-state index is 0.827. The SMILES string of the molecule is CCC(C)C1=CCC(C(C)C)CC1. The first-order valence-electron chi connectivity index (χ1n) is 5.84. The summed E-state index contributed by atoms with van der Waals surface area (Å²) in [5.74, 6) is 2.65. The molecular formula is C13H24. The van der Waals surface area contributed by atoms with E-state index >= 15 is 0 Å². The van der Waals surface area contributed by atoms with Gasteiger partial charge >= 0.3 is 0 Å². The molecule has 13 heavy (non-hydrogen) atoms. The van der Waals surface area contributed by atoms with Gasteiger partial charge in [0.15, 0.2) is 0 Å². The predicted molar refractivity (Wildman–Crippen MR) is 59.7 cm³/mol. The largest absolute Gasteiger partial charge is 0.0848 e. The van der Waals surface area contributed by atoms with E-state index < -0.39 is 0 Å². The average molecular weight is 180 g/mol. The Morgan fingerprint density at radius 2 is 2.08 bits per heavy atom. The quantitative estimate of drug-likeness (QED) is 0.564. The summed E-state index contributed by atoms with van der Waals surface area (Å²) in [4.78, 5) is 0. The second-order valence-corrected chi connectivity index (χ2v) is 4.87. The monoisotopic (exact) mass is 180 g/mol. The highest BCUT2D eigenvalue weighted by atomic mass is 14.2. The number of hydrogen-bond donors (Lipinski definition) is 0. The Labute approximate surface area is 83.4 Å². The summed E-state index contributed by atoms with van der Waals surface area (Å²) in [5, 5.41) is 0. The standard InChI is InChI=1S/C13H24/c1-5-11(4)13-8-6-12(7-9-13)10(2)3/h8,10-12H,5-7,9H2,1-4H3. The van der Waals surface area contributed by atoms with Crippen molar-refractivity contribution in [2.75, 3.05) is 0 Å². The van der Waals surface area contributed by atoms with Crippen LogP contribution in [0.1, 0.15) is 53.4 Å². The molecule has 0 nitrogen and oxygen atoms in total. The highest BCUT2D eigenvalue weighted by Gasteiger charge is 2.19. The molecular weight excluding hydrogens is 156 g/mol. The third-order valence-corrected chi connectivity index (χ3v) is 3.67. The Kier molecular flexibility index (Phi) is 4.02. The second-order valence-electron chi connectivity index (χ2n) is 4.87. The van der Waals surface area contributed by atoms with Gasteiger partial charge in [0.1, 0.15) is 0 Å². The van der Waals surface area contributed by atoms with Crippen LogP contribution in [0.4, 0.5) is 0 Å². The Morgan fingerprint density at radius 1 is 1.38 bits per heavy atom. The van der Waals surface area contributed by atoms with E-state index in [2.05, 4.69) is 33.8 Å². The maximum absolute atomic E-state index is 2.52. The topological polar surface area (TPSA) is 0 Å². The van der Waals surface area contributed by atoms with Crippen molar-refractivity contribution in [1.82, 2.24) is 0 Å². The van der Waals surface area contributed by atoms with Gasteiger partial charge < -0.3 is 0 Å². The number of allylic oxidation sites excluding steroid dienone is 2. The van der Waals surface area contributed by atoms with Gasteiger partial charge in [-0.05, 0) is 43.4 Å². The highest BCUT2D eigenvalue weighted by molar-refractivity contribution is 5.09. The zero-order valence-electron chi connectivity index (χ0n) is 9.64. The van der Waals surface area contributed by atoms with E-state index in [1.807, 2.05) is 0 Å². The second kappa shape index (κ2) is 4.83. The average Bonchev–Trinajstić information content (AvgIpc) is 2.17. The molecule has 2 unspecified atom stereocenters. The lowest BCUT2D eigenvalue weighted by atomic mass is 9.79. The molecule has 0 aromatic carbocycles. The first-order chi connectivity index (χ1) is 6.15. The molecule has 2 atom stereocenters. The van der Waals surface area contributed by atoms with Gasteiger partial charge in [-0.1, -0.05) is 39.3 Å². The fraction of sp³-hybridized carbons (Fsp3) is 0.846. The van der Waals surface area contributed by atoms with E-state index in [0.29, 0.717) is 0 Å². The van der Waals surface area contributed by atoms with Crippen molar-refractivity contribution in [2.45, 2.75) is 53.4 Å². The lowest BCUT2D eigenvalue weighted by molar-refractivity contribution is 0.342. The van der Waals surface area contributed by atoms with Crippen LogP contribution in [-0.2, 0) is 0 Å². The normalized spacial score (nSPS) is 25.9. The van der Waals surface area contributed by atoms with Gasteiger partial charge in [0.2, 0.25) is 0 Å². The van der Waals surface area contributed by atoms with Crippen LogP contribution in [-0.4, -0.2) is 0 Å². The Bertz CT molecular complexity index is 176. The molecule has 0 bridgehead atoms. The van der Waals surface area contributed by atoms with Crippen molar-refractivity contribution in [1.29, 1.82) is 0 Å². The third-order valence-electron chi connectivity index (χ3n) is 3.67. The Hall–Kier alpha value is -0.260. The van der Waals surface area contributed by atoms with Crippen molar-refractivity contribution in [3.63, 3.8) is 0 Å². The third kappa shape index (κ3) is 2.86. The van der Waals surface area contributed by atoms with Crippen molar-refractivity contribution in [3.05, 3.63) is 11.6 Å². The van der Waals surface area contributed by atoms with Gasteiger partial charge in [0.05, 0.1) is 0 Å². The molecule has 0 amide bonds. The first-order valence-corrected chi connectivity index (χ1v) is 5.84. The van der Waals surface area contributed by atoms with E-state index in [9.17, 15) is 0 Å². The van der Waals surface area contributed by atoms with Crippen molar-refractivity contribution in [2.24, 2.45) is 17.8 Å². The van der Waals surface area contributed by atoms with Crippen molar-refractivity contribution in [3.8, 4) is 0 Å². The first kappa shape index (κ1) is 10.8. The molecule has 0 N–H and O–H groups in total. The molecule has 1 aliphatic carbocycles. The van der Waals surface area contributed by atoms with Crippen molar-refractivity contribution >= 4 is 0 Å². The van der Waals surface area contributed by atoms with E-state index in [4.69, 9.17) is 0 Å². The van der Waals surface area contributed by atoms with Crippen LogP contribution in [0.3, 0.4) is 0 Å². The number of hydrogen-bond acceptors (Lipinski definition) is 0. The molecule has 0 aromatic heterocycles. The molecule has 0 heteroatoms. The molecule has 0 fully saturated rings. The summed E-state index contributed by atoms with van der Waals surface area (Å²) < 4.78 is 0. The molecule has 0 heterocycles. The van der Waals surface area contributed by atoms with Gasteiger partial charge in [-0.25, -0.2) is 0 Å². The molecule has 76 valence electrons. The minimum Gasteiger partial charge on any atom is -0.0848 e. The molecule has 0 saturated heterocycles. The van der Waals surface area contributed by atoms with Crippen LogP contribution in [0.15, 0.2) is 11.6 Å². The Morgan fingerprint density at radius 3 is 2.46 bits per heavy atom. The summed E-state index contributed by atoms with van der Waals surface area (Å²) in [6.07, 6.45) is 7.93. The van der Waals surface area contributed by atoms with E-state index in [-0.39, 0.29) is 0 Å². The van der Waals surface area contributed by atoms with Gasteiger partial charge in [0, 0.05) is 0 Å². The lowest BCUT2D eigenvalue weighted by Gasteiger charge is -2.27. The van der Waals surface area contributed by atoms with Gasteiger partial charge in [0.25, 0.3) is 0 Å². The van der Waals surface area contributed by atoms with Crippen LogP contribution < -0.4 is 0 Å². The fourth-order valence-electron chi connectivity index (χ4n) is 2.19. The molecule has 0 saturated carbocycles. The van der Waals surface area contributed by atoms with Crippen LogP contribution >= 0.6 is 0 Å². The molecule has 1 rings (SSSR count). The van der Waals surface area contributed by atoms with E-state index in [0.717, 1.165) is 17.8 Å². The molecule has 0 spiro atoms. The maximum Gasteiger partial charge on any atom is -0.0234 e. The molecule has 0 radical (unpaired) electrons. The zero-order valence-corrected chi connectivity index (χ0v) is 9.64. The van der Waals surface area contributed by atoms with Gasteiger partial charge in [-0.3, -0.25) is 0 Å². The lowest BCUT2D eigenvalue weighted by Crippen LogP contribution is -2.14. The summed E-state index contributed by atoms with van der Waals surface area (Å²) in [7, 11) is 0. The van der Waals surface area contributed by atoms with Crippen LogP contribution in [0.5, 0.6) is 0 Å². The maximum atomic E-state index is 2.52. The van der Waals surface area contributed by atoms with Crippen molar-refractivity contribution < 1.29 is 0 Å². The van der Waals surface area contributed by atoms with Crippen LogP contribution in [0.2, 0.25) is 0 Å². The van der Waals surface area contributed by atoms with E-state index in [1.165, 1.54) is 25.7 Å². The van der Waals surface area contributed by atoms with E-state index in [1.54, 1.807) is 5.57 Å². The summed E-state index contributed by atoms with van der Waals surface area (Å²) in [5.41, 5.74) is 1.72. The molecule has 0 aliphatic heterocycles. The minimum absolute atomic E-state index is 0.827. The summed E-state index contributed by atoms with van der Waals surface area (Å²) in [6.45, 7) is 9.36. The van der Waals surface area contributed by atoms with Gasteiger partial charge in [-0.2, -0.15) is 0 Å². The number of rotatable bonds is 3. The predicted octanol–water partition coefficient (Wildman–Crippen LogP) is 4.42. The van der Waals surface area contributed by atoms with Crippen LogP contribution in [0.25, 0.3) is 0 Å². The highest BCUT2D eigenvalue weighted by Crippen LogP contribution is 2.32. The summed E-state index contributed by atoms with van der Waals surface area (Å²) in [6, 6.07) is 0. The molecule has 1 aliphatic rings. The zero-order chi connectivity index (χ0) is 9.84. The fourth-order valence-corrected chi connectivity index (χ4v) is 2.19. The summed E-state index contributed by atoms with van der Waals surface area (Å²) >= 11 is 0. The smallest absolute Gasteiger partial charge is 0.0234 e.